The molecule has 0 bridgehead atoms. The van der Waals surface area contributed by atoms with Crippen LogP contribution < -0.4 is 15.6 Å². The molecule has 0 aromatic carbocycles. The molecular weight excluding hydrogens is 280 g/mol. The topological polar surface area (TPSA) is 93.1 Å². The van der Waals surface area contributed by atoms with Crippen LogP contribution in [0.3, 0.4) is 0 Å². The van der Waals surface area contributed by atoms with E-state index in [-0.39, 0.29) is 17.3 Å². The first-order valence-electron chi connectivity index (χ1n) is 5.32. The molecule has 0 aliphatic carbocycles. The van der Waals surface area contributed by atoms with Crippen LogP contribution in [0.4, 0.5) is 5.69 Å². The fourth-order valence-electron chi connectivity index (χ4n) is 1.24. The van der Waals surface area contributed by atoms with Gasteiger partial charge in [-0.2, -0.15) is 5.10 Å². The molecule has 0 saturated heterocycles. The molecule has 1 aromatic rings. The predicted molar refractivity (Wildman–Crippen MR) is 70.5 cm³/mol. The number of nitrogens with one attached hydrogen (secondary N) is 2. The van der Waals surface area contributed by atoms with Gasteiger partial charge in [-0.1, -0.05) is 11.6 Å². The van der Waals surface area contributed by atoms with Crippen LogP contribution >= 0.6 is 11.6 Å². The van der Waals surface area contributed by atoms with Crippen molar-refractivity contribution in [1.29, 1.82) is 0 Å². The van der Waals surface area contributed by atoms with Gasteiger partial charge in [-0.3, -0.25) is 4.79 Å². The van der Waals surface area contributed by atoms with E-state index in [1.54, 1.807) is 6.92 Å². The first-order valence-corrected chi connectivity index (χ1v) is 7.35. The van der Waals surface area contributed by atoms with E-state index >= 15 is 0 Å². The number of sulfonamides is 1. The van der Waals surface area contributed by atoms with Gasteiger partial charge in [0, 0.05) is 13.1 Å². The molecule has 1 aromatic heterocycles. The standard InChI is InChI=1S/C9H15ClN4O3S/c1-3-14-9(15)8(10)7(6-13-14)12-4-5-18(16,17)11-2/h6,11-12H,3-5H2,1-2H3. The summed E-state index contributed by atoms with van der Waals surface area (Å²) >= 11 is 5.86. The van der Waals surface area contributed by atoms with Crippen LogP contribution in [0.5, 0.6) is 0 Å². The molecule has 1 rings (SSSR count). The zero-order valence-corrected chi connectivity index (χ0v) is 11.7. The van der Waals surface area contributed by atoms with Crippen molar-refractivity contribution in [1.82, 2.24) is 14.5 Å². The minimum absolute atomic E-state index is 0.00806. The second-order valence-corrected chi connectivity index (χ2v) is 5.87. The van der Waals surface area contributed by atoms with Gasteiger partial charge in [0.2, 0.25) is 10.0 Å². The third-order valence-electron chi connectivity index (χ3n) is 2.28. The molecule has 9 heteroatoms. The number of halogens is 1. The molecule has 7 nitrogen and oxygen atoms in total. The summed E-state index contributed by atoms with van der Waals surface area (Å²) < 4.78 is 25.8. The lowest BCUT2D eigenvalue weighted by atomic mass is 10.4. The molecule has 0 fully saturated rings. The maximum absolute atomic E-state index is 11.6. The summed E-state index contributed by atoms with van der Waals surface area (Å²) in [6.45, 7) is 2.34. The van der Waals surface area contributed by atoms with Crippen molar-refractivity contribution in [3.05, 3.63) is 21.6 Å². The number of hydrogen-bond donors (Lipinski definition) is 2. The van der Waals surface area contributed by atoms with Crippen LogP contribution in [-0.4, -0.2) is 37.5 Å². The first kappa shape index (κ1) is 14.9. The molecule has 0 atom stereocenters. The Bertz CT molecular complexity index is 570. The highest BCUT2D eigenvalue weighted by Gasteiger charge is 2.10. The summed E-state index contributed by atoms with van der Waals surface area (Å²) in [7, 11) is -1.95. The summed E-state index contributed by atoms with van der Waals surface area (Å²) in [5.74, 6) is -0.114. The zero-order chi connectivity index (χ0) is 13.8. The third kappa shape index (κ3) is 3.69. The minimum Gasteiger partial charge on any atom is -0.381 e. The Kier molecular flexibility index (Phi) is 5.12. The molecule has 1 heterocycles. The SMILES string of the molecule is CCn1ncc(NCCS(=O)(=O)NC)c(Cl)c1=O. The second kappa shape index (κ2) is 6.17. The van der Waals surface area contributed by atoms with E-state index in [0.717, 1.165) is 0 Å². The van der Waals surface area contributed by atoms with Crippen LogP contribution in [0.25, 0.3) is 0 Å². The smallest absolute Gasteiger partial charge is 0.287 e. The molecule has 0 aliphatic rings. The first-order chi connectivity index (χ1) is 8.41. The molecule has 0 aliphatic heterocycles. The number of aromatic nitrogens is 2. The van der Waals surface area contributed by atoms with E-state index in [1.807, 2.05) is 0 Å². The van der Waals surface area contributed by atoms with Crippen molar-refractivity contribution in [3.8, 4) is 0 Å². The van der Waals surface area contributed by atoms with Gasteiger partial charge in [0.05, 0.1) is 17.6 Å². The molecule has 18 heavy (non-hydrogen) atoms. The largest absolute Gasteiger partial charge is 0.381 e. The molecule has 2 N–H and O–H groups in total. The quantitative estimate of drug-likeness (QED) is 0.763. The average Bonchev–Trinajstić information content (AvgIpc) is 2.35. The summed E-state index contributed by atoms with van der Waals surface area (Å²) in [4.78, 5) is 11.6. The Balaban J connectivity index is 2.76. The van der Waals surface area contributed by atoms with E-state index in [0.29, 0.717) is 12.2 Å². The second-order valence-electron chi connectivity index (χ2n) is 3.44. The van der Waals surface area contributed by atoms with Crippen molar-refractivity contribution < 1.29 is 8.42 Å². The number of nitrogens with zero attached hydrogens (tertiary/aromatic N) is 2. The van der Waals surface area contributed by atoms with E-state index in [9.17, 15) is 13.2 Å². The van der Waals surface area contributed by atoms with Gasteiger partial charge in [0.15, 0.2) is 0 Å². The van der Waals surface area contributed by atoms with E-state index in [4.69, 9.17) is 11.6 Å². The highest BCUT2D eigenvalue weighted by Crippen LogP contribution is 2.14. The van der Waals surface area contributed by atoms with Gasteiger partial charge in [0.25, 0.3) is 5.56 Å². The van der Waals surface area contributed by atoms with Crippen molar-refractivity contribution in [2.45, 2.75) is 13.5 Å². The van der Waals surface area contributed by atoms with E-state index in [1.165, 1.54) is 17.9 Å². The minimum atomic E-state index is -3.28. The normalized spacial score (nSPS) is 11.5. The van der Waals surface area contributed by atoms with Gasteiger partial charge in [-0.05, 0) is 14.0 Å². The van der Waals surface area contributed by atoms with E-state index < -0.39 is 15.6 Å². The Hall–Kier alpha value is -1.12. The predicted octanol–water partition coefficient (Wildman–Crippen LogP) is -0.122. The Labute approximate surface area is 110 Å². The lowest BCUT2D eigenvalue weighted by molar-refractivity contribution is 0.588. The summed E-state index contributed by atoms with van der Waals surface area (Å²) in [5.41, 5.74) is -0.0710. The van der Waals surface area contributed by atoms with Crippen LogP contribution in [0.2, 0.25) is 5.02 Å². The number of hydrogen-bond acceptors (Lipinski definition) is 5. The fraction of sp³-hybridized carbons (Fsp3) is 0.556. The van der Waals surface area contributed by atoms with Crippen LogP contribution in [0, 0.1) is 0 Å². The highest BCUT2D eigenvalue weighted by atomic mass is 35.5. The molecule has 0 radical (unpaired) electrons. The molecule has 0 saturated carbocycles. The molecular formula is C9H15ClN4O3S. The lowest BCUT2D eigenvalue weighted by Crippen LogP contribution is -2.27. The monoisotopic (exact) mass is 294 g/mol. The molecule has 102 valence electrons. The van der Waals surface area contributed by atoms with Crippen molar-refractivity contribution in [3.63, 3.8) is 0 Å². The van der Waals surface area contributed by atoms with Gasteiger partial charge in [0.1, 0.15) is 5.02 Å². The summed E-state index contributed by atoms with van der Waals surface area (Å²) in [5, 5.41) is 6.66. The van der Waals surface area contributed by atoms with Crippen LogP contribution in [0.1, 0.15) is 6.92 Å². The Morgan fingerprint density at radius 1 is 1.50 bits per heavy atom. The Morgan fingerprint density at radius 3 is 2.72 bits per heavy atom. The van der Waals surface area contributed by atoms with Crippen molar-refractivity contribution in [2.24, 2.45) is 0 Å². The Morgan fingerprint density at radius 2 is 2.17 bits per heavy atom. The maximum atomic E-state index is 11.6. The van der Waals surface area contributed by atoms with Gasteiger partial charge < -0.3 is 5.32 Å². The van der Waals surface area contributed by atoms with Crippen LogP contribution in [-0.2, 0) is 16.6 Å². The maximum Gasteiger partial charge on any atom is 0.287 e. The number of rotatable bonds is 6. The third-order valence-corrected chi connectivity index (χ3v) is 4.01. The van der Waals surface area contributed by atoms with E-state index in [2.05, 4.69) is 15.1 Å². The van der Waals surface area contributed by atoms with Crippen LogP contribution in [0.15, 0.2) is 11.0 Å². The zero-order valence-electron chi connectivity index (χ0n) is 10.1. The highest BCUT2D eigenvalue weighted by molar-refractivity contribution is 7.89. The molecule has 0 unspecified atom stereocenters. The fourth-order valence-corrected chi connectivity index (χ4v) is 2.02. The van der Waals surface area contributed by atoms with Gasteiger partial charge >= 0.3 is 0 Å². The molecule has 0 amide bonds. The number of aryl methyl sites for hydroxylation is 1. The van der Waals surface area contributed by atoms with Gasteiger partial charge in [-0.25, -0.2) is 17.8 Å². The lowest BCUT2D eigenvalue weighted by Gasteiger charge is -2.09. The average molecular weight is 295 g/mol. The molecule has 0 spiro atoms. The van der Waals surface area contributed by atoms with Crippen molar-refractivity contribution in [2.75, 3.05) is 24.7 Å². The summed E-state index contributed by atoms with van der Waals surface area (Å²) in [6.07, 6.45) is 1.40. The number of anilines is 1. The van der Waals surface area contributed by atoms with Gasteiger partial charge in [-0.15, -0.1) is 0 Å². The summed E-state index contributed by atoms with van der Waals surface area (Å²) in [6, 6.07) is 0. The van der Waals surface area contributed by atoms with Crippen molar-refractivity contribution >= 4 is 27.3 Å².